The predicted octanol–water partition coefficient (Wildman–Crippen LogP) is 3.83. The number of piperazine rings is 1. The minimum atomic E-state index is -4.67. The van der Waals surface area contributed by atoms with Crippen LogP contribution in [-0.2, 0) is 26.7 Å². The normalized spacial score (nSPS) is 17.2. The highest BCUT2D eigenvalue weighted by molar-refractivity contribution is 7.88. The number of amides is 1. The van der Waals surface area contributed by atoms with Gasteiger partial charge in [0.2, 0.25) is 15.9 Å². The fraction of sp³-hybridized carbons (Fsp3) is 0.381. The molecule has 174 valence electrons. The van der Waals surface area contributed by atoms with Gasteiger partial charge in [-0.3, -0.25) is 9.69 Å². The van der Waals surface area contributed by atoms with Crippen LogP contribution in [0.4, 0.5) is 18.9 Å². The largest absolute Gasteiger partial charge is 0.418 e. The molecule has 1 amide bonds. The summed E-state index contributed by atoms with van der Waals surface area (Å²) in [4.78, 5) is 14.4. The molecule has 1 N–H and O–H groups in total. The van der Waals surface area contributed by atoms with Crippen molar-refractivity contribution in [2.75, 3.05) is 31.5 Å². The van der Waals surface area contributed by atoms with E-state index in [0.29, 0.717) is 5.56 Å². The quantitative estimate of drug-likeness (QED) is 0.669. The molecule has 1 fully saturated rings. The number of nitrogens with one attached hydrogen (secondary N) is 1. The van der Waals surface area contributed by atoms with E-state index in [1.54, 1.807) is 36.1 Å². The van der Waals surface area contributed by atoms with Crippen LogP contribution in [-0.4, -0.2) is 55.8 Å². The van der Waals surface area contributed by atoms with Crippen molar-refractivity contribution in [3.05, 3.63) is 64.7 Å². The van der Waals surface area contributed by atoms with Crippen LogP contribution in [0.15, 0.2) is 48.5 Å². The Bertz CT molecular complexity index is 1060. The van der Waals surface area contributed by atoms with Crippen molar-refractivity contribution in [3.63, 3.8) is 0 Å². The topological polar surface area (TPSA) is 69.7 Å². The smallest absolute Gasteiger partial charge is 0.324 e. The minimum Gasteiger partial charge on any atom is -0.324 e. The lowest BCUT2D eigenvalue weighted by atomic mass is 10.1. The summed E-state index contributed by atoms with van der Waals surface area (Å²) in [7, 11) is -3.51. The number of benzene rings is 2. The van der Waals surface area contributed by atoms with Crippen molar-refractivity contribution in [1.82, 2.24) is 9.21 Å². The molecule has 1 heterocycles. The Morgan fingerprint density at radius 2 is 1.72 bits per heavy atom. The number of alkyl halides is 3. The van der Waals surface area contributed by atoms with E-state index in [4.69, 9.17) is 11.6 Å². The predicted molar refractivity (Wildman–Crippen MR) is 117 cm³/mol. The van der Waals surface area contributed by atoms with Gasteiger partial charge in [0.25, 0.3) is 0 Å². The van der Waals surface area contributed by atoms with Gasteiger partial charge in [0.05, 0.1) is 23.0 Å². The van der Waals surface area contributed by atoms with Gasteiger partial charge in [-0.1, -0.05) is 41.9 Å². The van der Waals surface area contributed by atoms with E-state index in [2.05, 4.69) is 5.32 Å². The summed E-state index contributed by atoms with van der Waals surface area (Å²) in [5.74, 6) is -0.723. The highest BCUT2D eigenvalue weighted by atomic mass is 35.5. The molecule has 6 nitrogen and oxygen atoms in total. The van der Waals surface area contributed by atoms with E-state index in [-0.39, 0.29) is 42.6 Å². The Morgan fingerprint density at radius 3 is 2.31 bits per heavy atom. The molecular weight excluding hydrogens is 467 g/mol. The standard InChI is InChI=1S/C21H23ClF3N3O3S/c1-15(20(29)26-19-8-7-17(22)13-18(19)21(23,24)25)27-9-11-28(12-10-27)32(30,31)14-16-5-3-2-4-6-16/h2-8,13,15H,9-12,14H2,1H3,(H,26,29)/t15-/m0/s1. The zero-order valence-corrected chi connectivity index (χ0v) is 18.8. The van der Waals surface area contributed by atoms with E-state index in [0.717, 1.165) is 12.1 Å². The minimum absolute atomic E-state index is 0.0868. The number of nitrogens with zero attached hydrogens (tertiary/aromatic N) is 2. The number of carbonyl (C=O) groups is 1. The molecule has 0 aromatic heterocycles. The number of rotatable bonds is 6. The van der Waals surface area contributed by atoms with Crippen LogP contribution in [0, 0.1) is 0 Å². The van der Waals surface area contributed by atoms with Crippen LogP contribution in [0.3, 0.4) is 0 Å². The van der Waals surface area contributed by atoms with Crippen molar-refractivity contribution >= 4 is 33.2 Å². The van der Waals surface area contributed by atoms with E-state index in [9.17, 15) is 26.4 Å². The molecule has 32 heavy (non-hydrogen) atoms. The molecule has 11 heteroatoms. The Hall–Kier alpha value is -2.14. The monoisotopic (exact) mass is 489 g/mol. The van der Waals surface area contributed by atoms with Gasteiger partial charge in [0.15, 0.2) is 0 Å². The van der Waals surface area contributed by atoms with Gasteiger partial charge in [-0.15, -0.1) is 0 Å². The summed E-state index contributed by atoms with van der Waals surface area (Å²) in [6, 6.07) is 11.2. The summed E-state index contributed by atoms with van der Waals surface area (Å²) in [5.41, 5.74) is -0.712. The zero-order chi connectivity index (χ0) is 23.5. The van der Waals surface area contributed by atoms with Crippen LogP contribution in [0.2, 0.25) is 5.02 Å². The first-order valence-corrected chi connectivity index (χ1v) is 11.9. The van der Waals surface area contributed by atoms with Crippen LogP contribution in [0.5, 0.6) is 0 Å². The van der Waals surface area contributed by atoms with Crippen LogP contribution >= 0.6 is 11.6 Å². The number of anilines is 1. The van der Waals surface area contributed by atoms with Gasteiger partial charge in [-0.05, 0) is 30.7 Å². The van der Waals surface area contributed by atoms with Gasteiger partial charge in [0.1, 0.15) is 0 Å². The highest BCUT2D eigenvalue weighted by Crippen LogP contribution is 2.36. The molecule has 1 aliphatic rings. The maximum absolute atomic E-state index is 13.3. The van der Waals surface area contributed by atoms with Gasteiger partial charge < -0.3 is 5.32 Å². The molecule has 0 unspecified atom stereocenters. The second kappa shape index (κ2) is 9.78. The maximum atomic E-state index is 13.3. The molecule has 1 atom stereocenters. The summed E-state index contributed by atoms with van der Waals surface area (Å²) >= 11 is 5.67. The molecular formula is C21H23ClF3N3O3S. The molecule has 0 spiro atoms. The SMILES string of the molecule is C[C@@H](C(=O)Nc1ccc(Cl)cc1C(F)(F)F)N1CCN(S(=O)(=O)Cc2ccccc2)CC1. The molecule has 0 aliphatic carbocycles. The third-order valence-corrected chi connectivity index (χ3v) is 7.42. The fourth-order valence-corrected chi connectivity index (χ4v) is 5.20. The molecule has 0 saturated carbocycles. The lowest BCUT2D eigenvalue weighted by Crippen LogP contribution is -2.54. The van der Waals surface area contributed by atoms with Crippen molar-refractivity contribution in [2.24, 2.45) is 0 Å². The maximum Gasteiger partial charge on any atom is 0.418 e. The Labute approximate surface area is 190 Å². The fourth-order valence-electron chi connectivity index (χ4n) is 3.51. The number of sulfonamides is 1. The molecule has 1 aliphatic heterocycles. The number of halogens is 4. The third-order valence-electron chi connectivity index (χ3n) is 5.33. The summed E-state index contributed by atoms with van der Waals surface area (Å²) in [6.07, 6.45) is -4.67. The average molecular weight is 490 g/mol. The van der Waals surface area contributed by atoms with Gasteiger partial charge in [-0.2, -0.15) is 17.5 Å². The van der Waals surface area contributed by atoms with Crippen molar-refractivity contribution in [3.8, 4) is 0 Å². The summed E-state index contributed by atoms with van der Waals surface area (Å²) in [6.45, 7) is 2.54. The van der Waals surface area contributed by atoms with Crippen LogP contribution in [0.25, 0.3) is 0 Å². The summed E-state index contributed by atoms with van der Waals surface area (Å²) < 4.78 is 66.5. The Morgan fingerprint density at radius 1 is 1.09 bits per heavy atom. The van der Waals surface area contributed by atoms with Crippen molar-refractivity contribution < 1.29 is 26.4 Å². The molecule has 2 aromatic rings. The lowest BCUT2D eigenvalue weighted by molar-refractivity contribution is -0.137. The molecule has 0 radical (unpaired) electrons. The van der Waals surface area contributed by atoms with Gasteiger partial charge >= 0.3 is 6.18 Å². The van der Waals surface area contributed by atoms with E-state index in [1.807, 2.05) is 6.07 Å². The van der Waals surface area contributed by atoms with E-state index >= 15 is 0 Å². The van der Waals surface area contributed by atoms with Crippen LogP contribution in [0.1, 0.15) is 18.1 Å². The van der Waals surface area contributed by atoms with E-state index in [1.165, 1.54) is 10.4 Å². The first kappa shape index (κ1) is 24.5. The van der Waals surface area contributed by atoms with E-state index < -0.39 is 33.7 Å². The van der Waals surface area contributed by atoms with Gasteiger partial charge in [0, 0.05) is 31.2 Å². The second-order valence-corrected chi connectivity index (χ2v) is 9.94. The Kier molecular flexibility index (Phi) is 7.49. The molecule has 0 bridgehead atoms. The Balaban J connectivity index is 1.61. The second-order valence-electron chi connectivity index (χ2n) is 7.53. The first-order chi connectivity index (χ1) is 15.0. The molecule has 1 saturated heterocycles. The lowest BCUT2D eigenvalue weighted by Gasteiger charge is -2.36. The number of carbonyl (C=O) groups excluding carboxylic acids is 1. The highest BCUT2D eigenvalue weighted by Gasteiger charge is 2.35. The zero-order valence-electron chi connectivity index (χ0n) is 17.3. The average Bonchev–Trinajstić information content (AvgIpc) is 2.74. The first-order valence-electron chi connectivity index (χ1n) is 9.91. The summed E-state index contributed by atoms with van der Waals surface area (Å²) in [5, 5.41) is 2.24. The van der Waals surface area contributed by atoms with Crippen molar-refractivity contribution in [1.29, 1.82) is 0 Å². The van der Waals surface area contributed by atoms with Crippen molar-refractivity contribution in [2.45, 2.75) is 24.9 Å². The number of hydrogen-bond acceptors (Lipinski definition) is 4. The molecule has 2 aromatic carbocycles. The van der Waals surface area contributed by atoms with Crippen LogP contribution < -0.4 is 5.32 Å². The number of hydrogen-bond donors (Lipinski definition) is 1. The molecule has 3 rings (SSSR count). The third kappa shape index (κ3) is 6.00. The van der Waals surface area contributed by atoms with Gasteiger partial charge in [-0.25, -0.2) is 8.42 Å².